The highest BCUT2D eigenvalue weighted by atomic mass is 32.1. The SMILES string of the molecule is CCc1ncc(CNCCc2nc(C)no2)s1. The highest BCUT2D eigenvalue weighted by Gasteiger charge is 2.03. The Bertz CT molecular complexity index is 465. The molecule has 2 aromatic heterocycles. The van der Waals surface area contributed by atoms with Crippen LogP contribution in [0.1, 0.15) is 28.5 Å². The molecule has 2 aromatic rings. The predicted molar refractivity (Wildman–Crippen MR) is 65.9 cm³/mol. The van der Waals surface area contributed by atoms with Gasteiger partial charge in [-0.1, -0.05) is 12.1 Å². The minimum atomic E-state index is 0.688. The van der Waals surface area contributed by atoms with Gasteiger partial charge in [0.2, 0.25) is 5.89 Å². The number of aromatic nitrogens is 3. The summed E-state index contributed by atoms with van der Waals surface area (Å²) in [5, 5.41) is 8.27. The van der Waals surface area contributed by atoms with Crippen LogP contribution in [0, 0.1) is 6.92 Å². The van der Waals surface area contributed by atoms with Crippen LogP contribution in [0.4, 0.5) is 0 Å². The van der Waals surface area contributed by atoms with E-state index in [1.165, 1.54) is 9.88 Å². The normalized spacial score (nSPS) is 10.9. The number of hydrogen-bond donors (Lipinski definition) is 1. The highest BCUT2D eigenvalue weighted by Crippen LogP contribution is 2.12. The number of aryl methyl sites for hydroxylation is 2. The summed E-state index contributed by atoms with van der Waals surface area (Å²) in [6, 6.07) is 0. The van der Waals surface area contributed by atoms with Crippen LogP contribution < -0.4 is 5.32 Å². The van der Waals surface area contributed by atoms with Gasteiger partial charge in [-0.15, -0.1) is 11.3 Å². The van der Waals surface area contributed by atoms with Crippen molar-refractivity contribution >= 4 is 11.3 Å². The molecule has 5 nitrogen and oxygen atoms in total. The molecule has 0 spiro atoms. The largest absolute Gasteiger partial charge is 0.339 e. The Morgan fingerprint density at radius 3 is 3.00 bits per heavy atom. The Morgan fingerprint density at radius 1 is 1.47 bits per heavy atom. The van der Waals surface area contributed by atoms with E-state index < -0.39 is 0 Å². The molecule has 0 aliphatic rings. The fourth-order valence-electron chi connectivity index (χ4n) is 1.44. The van der Waals surface area contributed by atoms with Gasteiger partial charge in [0, 0.05) is 30.6 Å². The Morgan fingerprint density at radius 2 is 2.35 bits per heavy atom. The van der Waals surface area contributed by atoms with Crippen molar-refractivity contribution in [3.05, 3.63) is 27.8 Å². The maximum atomic E-state index is 5.03. The average Bonchev–Trinajstić information content (AvgIpc) is 2.93. The molecule has 2 rings (SSSR count). The summed E-state index contributed by atoms with van der Waals surface area (Å²) < 4.78 is 5.03. The third-order valence-electron chi connectivity index (χ3n) is 2.29. The first kappa shape index (κ1) is 12.2. The molecule has 17 heavy (non-hydrogen) atoms. The van der Waals surface area contributed by atoms with Gasteiger partial charge in [0.05, 0.1) is 5.01 Å². The zero-order chi connectivity index (χ0) is 12.1. The zero-order valence-corrected chi connectivity index (χ0v) is 10.9. The number of rotatable bonds is 6. The van der Waals surface area contributed by atoms with E-state index in [0.29, 0.717) is 11.7 Å². The predicted octanol–water partition coefficient (Wildman–Crippen LogP) is 1.73. The molecular weight excluding hydrogens is 236 g/mol. The van der Waals surface area contributed by atoms with Gasteiger partial charge in [0.25, 0.3) is 0 Å². The van der Waals surface area contributed by atoms with E-state index >= 15 is 0 Å². The van der Waals surface area contributed by atoms with Crippen molar-refractivity contribution in [3.63, 3.8) is 0 Å². The quantitative estimate of drug-likeness (QED) is 0.793. The maximum Gasteiger partial charge on any atom is 0.227 e. The van der Waals surface area contributed by atoms with E-state index in [1.54, 1.807) is 11.3 Å². The van der Waals surface area contributed by atoms with Crippen molar-refractivity contribution < 1.29 is 4.52 Å². The molecule has 0 saturated heterocycles. The molecule has 0 aliphatic heterocycles. The molecule has 0 unspecified atom stereocenters. The molecule has 92 valence electrons. The van der Waals surface area contributed by atoms with Gasteiger partial charge in [0.1, 0.15) is 0 Å². The van der Waals surface area contributed by atoms with Crippen molar-refractivity contribution in [1.82, 2.24) is 20.4 Å². The van der Waals surface area contributed by atoms with E-state index in [9.17, 15) is 0 Å². The molecule has 6 heteroatoms. The molecule has 0 aromatic carbocycles. The summed E-state index contributed by atoms with van der Waals surface area (Å²) in [7, 11) is 0. The van der Waals surface area contributed by atoms with Crippen LogP contribution in [0.2, 0.25) is 0 Å². The third kappa shape index (κ3) is 3.61. The summed E-state index contributed by atoms with van der Waals surface area (Å²) in [4.78, 5) is 9.72. The van der Waals surface area contributed by atoms with Crippen molar-refractivity contribution in [2.45, 2.75) is 33.2 Å². The minimum absolute atomic E-state index is 0.688. The topological polar surface area (TPSA) is 63.8 Å². The monoisotopic (exact) mass is 252 g/mol. The summed E-state index contributed by atoms with van der Waals surface area (Å²) in [6.07, 6.45) is 3.71. The molecule has 2 heterocycles. The van der Waals surface area contributed by atoms with Gasteiger partial charge in [-0.05, 0) is 13.3 Å². The van der Waals surface area contributed by atoms with E-state index in [1.807, 2.05) is 13.1 Å². The van der Waals surface area contributed by atoms with Gasteiger partial charge in [-0.2, -0.15) is 4.98 Å². The van der Waals surface area contributed by atoms with E-state index in [4.69, 9.17) is 4.52 Å². The number of nitrogens with zero attached hydrogens (tertiary/aromatic N) is 3. The van der Waals surface area contributed by atoms with E-state index in [-0.39, 0.29) is 0 Å². The summed E-state index contributed by atoms with van der Waals surface area (Å²) >= 11 is 1.76. The van der Waals surface area contributed by atoms with Crippen molar-refractivity contribution in [3.8, 4) is 0 Å². The second kappa shape index (κ2) is 5.88. The molecule has 0 bridgehead atoms. The summed E-state index contributed by atoms with van der Waals surface area (Å²) in [5.41, 5.74) is 0. The fraction of sp³-hybridized carbons (Fsp3) is 0.545. The van der Waals surface area contributed by atoms with Crippen LogP contribution in [-0.2, 0) is 19.4 Å². The first-order valence-corrected chi connectivity index (χ1v) is 6.53. The van der Waals surface area contributed by atoms with Crippen LogP contribution in [0.3, 0.4) is 0 Å². The standard InChI is InChI=1S/C11H16N4OS/c1-3-11-13-7-9(17-11)6-12-5-4-10-14-8(2)15-16-10/h7,12H,3-6H2,1-2H3. The number of nitrogens with one attached hydrogen (secondary N) is 1. The van der Waals surface area contributed by atoms with Gasteiger partial charge in [-0.3, -0.25) is 0 Å². The Kier molecular flexibility index (Phi) is 4.22. The molecule has 0 radical (unpaired) electrons. The van der Waals surface area contributed by atoms with E-state index in [0.717, 1.165) is 25.9 Å². The van der Waals surface area contributed by atoms with Crippen molar-refractivity contribution in [2.75, 3.05) is 6.54 Å². The molecule has 0 aliphatic carbocycles. The average molecular weight is 252 g/mol. The van der Waals surface area contributed by atoms with Crippen molar-refractivity contribution in [2.24, 2.45) is 0 Å². The lowest BCUT2D eigenvalue weighted by molar-refractivity contribution is 0.372. The molecule has 0 saturated carbocycles. The van der Waals surface area contributed by atoms with Gasteiger partial charge >= 0.3 is 0 Å². The Balaban J connectivity index is 1.69. The zero-order valence-electron chi connectivity index (χ0n) is 10.1. The fourth-order valence-corrected chi connectivity index (χ4v) is 2.27. The lowest BCUT2D eigenvalue weighted by Crippen LogP contribution is -2.16. The Labute approximate surface area is 104 Å². The van der Waals surface area contributed by atoms with Crippen LogP contribution >= 0.6 is 11.3 Å². The van der Waals surface area contributed by atoms with Gasteiger partial charge < -0.3 is 9.84 Å². The third-order valence-corrected chi connectivity index (χ3v) is 3.43. The minimum Gasteiger partial charge on any atom is -0.339 e. The van der Waals surface area contributed by atoms with Gasteiger partial charge in [0.15, 0.2) is 5.82 Å². The smallest absolute Gasteiger partial charge is 0.227 e. The second-order valence-electron chi connectivity index (χ2n) is 3.74. The van der Waals surface area contributed by atoms with Crippen LogP contribution in [0.15, 0.2) is 10.7 Å². The molecule has 0 atom stereocenters. The maximum absolute atomic E-state index is 5.03. The molecule has 1 N–H and O–H groups in total. The van der Waals surface area contributed by atoms with E-state index in [2.05, 4.69) is 27.4 Å². The highest BCUT2D eigenvalue weighted by molar-refractivity contribution is 7.11. The van der Waals surface area contributed by atoms with Gasteiger partial charge in [-0.25, -0.2) is 4.98 Å². The molecule has 0 fully saturated rings. The number of hydrogen-bond acceptors (Lipinski definition) is 6. The Hall–Kier alpha value is -1.27. The number of thiazole rings is 1. The van der Waals surface area contributed by atoms with Crippen molar-refractivity contribution in [1.29, 1.82) is 0 Å². The molecular formula is C11H16N4OS. The summed E-state index contributed by atoms with van der Waals surface area (Å²) in [6.45, 7) is 5.63. The molecule has 0 amide bonds. The second-order valence-corrected chi connectivity index (χ2v) is 4.94. The lowest BCUT2D eigenvalue weighted by atomic mass is 10.4. The summed E-state index contributed by atoms with van der Waals surface area (Å²) in [5.74, 6) is 1.38. The van der Waals surface area contributed by atoms with Crippen LogP contribution in [-0.4, -0.2) is 21.7 Å². The first-order valence-electron chi connectivity index (χ1n) is 5.71. The van der Waals surface area contributed by atoms with Crippen LogP contribution in [0.25, 0.3) is 0 Å². The first-order chi connectivity index (χ1) is 8.28. The lowest BCUT2D eigenvalue weighted by Gasteiger charge is -1.99. The van der Waals surface area contributed by atoms with Crippen LogP contribution in [0.5, 0.6) is 0 Å².